The van der Waals surface area contributed by atoms with Gasteiger partial charge in [0.15, 0.2) is 0 Å². The topological polar surface area (TPSA) is 42.0 Å². The first-order chi connectivity index (χ1) is 7.89. The van der Waals surface area contributed by atoms with Crippen molar-refractivity contribution in [2.75, 3.05) is 6.54 Å². The molecule has 17 heavy (non-hydrogen) atoms. The first-order valence-corrected chi connectivity index (χ1v) is 4.66. The van der Waals surface area contributed by atoms with Crippen LogP contribution in [0.4, 0.5) is 13.2 Å². The van der Waals surface area contributed by atoms with Crippen molar-refractivity contribution >= 4 is 5.91 Å². The smallest absolute Gasteiger partial charge is 0.345 e. The maximum absolute atomic E-state index is 12.3. The number of halogens is 3. The number of hydrogen-bond acceptors (Lipinski definition) is 2. The number of rotatable bonds is 1. The van der Waals surface area contributed by atoms with Crippen LogP contribution in [0.1, 0.15) is 18.2 Å². The summed E-state index contributed by atoms with van der Waals surface area (Å²) >= 11 is 0. The molecular formula is C11H9F3N2O. The first-order valence-electron chi connectivity index (χ1n) is 4.66. The van der Waals surface area contributed by atoms with E-state index in [1.165, 1.54) is 13.0 Å². The predicted molar refractivity (Wildman–Crippen MR) is 54.8 cm³/mol. The molecule has 1 aromatic rings. The number of carbonyl (C=O) groups is 1. The maximum Gasteiger partial charge on any atom is 0.433 e. The second-order valence-electron chi connectivity index (χ2n) is 3.14. The first kappa shape index (κ1) is 13.0. The van der Waals surface area contributed by atoms with Crippen LogP contribution in [0.15, 0.2) is 18.3 Å². The van der Waals surface area contributed by atoms with Crippen LogP contribution in [-0.2, 0) is 11.0 Å². The van der Waals surface area contributed by atoms with Crippen molar-refractivity contribution in [1.29, 1.82) is 0 Å². The molecule has 0 bridgehead atoms. The fraction of sp³-hybridized carbons (Fsp3) is 0.273. The van der Waals surface area contributed by atoms with Crippen molar-refractivity contribution in [3.8, 4) is 11.8 Å². The minimum Gasteiger partial charge on any atom is -0.345 e. The molecule has 0 aliphatic heterocycles. The summed E-state index contributed by atoms with van der Waals surface area (Å²) in [5, 5.41) is 2.41. The molecule has 1 aromatic heterocycles. The minimum atomic E-state index is -4.48. The highest BCUT2D eigenvalue weighted by atomic mass is 19.4. The monoisotopic (exact) mass is 242 g/mol. The van der Waals surface area contributed by atoms with Gasteiger partial charge in [-0.2, -0.15) is 13.2 Å². The number of nitrogens with one attached hydrogen (secondary N) is 1. The summed E-state index contributed by atoms with van der Waals surface area (Å²) in [5.41, 5.74) is -0.776. The summed E-state index contributed by atoms with van der Waals surface area (Å²) in [5.74, 6) is 4.80. The number of carbonyl (C=O) groups excluding carboxylic acids is 1. The molecule has 0 aliphatic carbocycles. The van der Waals surface area contributed by atoms with Crippen molar-refractivity contribution in [3.63, 3.8) is 0 Å². The van der Waals surface area contributed by atoms with Crippen LogP contribution >= 0.6 is 0 Å². The molecule has 6 heteroatoms. The largest absolute Gasteiger partial charge is 0.433 e. The van der Waals surface area contributed by atoms with Gasteiger partial charge in [0.1, 0.15) is 5.69 Å². The molecule has 0 aliphatic rings. The highest BCUT2D eigenvalue weighted by Gasteiger charge is 2.32. The molecule has 3 nitrogen and oxygen atoms in total. The third-order valence-corrected chi connectivity index (χ3v) is 1.71. The molecule has 90 valence electrons. The van der Waals surface area contributed by atoms with Crippen molar-refractivity contribution in [2.45, 2.75) is 13.1 Å². The summed E-state index contributed by atoms with van der Waals surface area (Å²) in [6.45, 7) is 1.43. The zero-order valence-electron chi connectivity index (χ0n) is 8.93. The molecule has 1 N–H and O–H groups in total. The molecule has 0 spiro atoms. The second-order valence-corrected chi connectivity index (χ2v) is 3.14. The summed E-state index contributed by atoms with van der Waals surface area (Å²) in [4.78, 5) is 13.7. The summed E-state index contributed by atoms with van der Waals surface area (Å²) in [7, 11) is 0. The van der Waals surface area contributed by atoms with Gasteiger partial charge in [0.25, 0.3) is 0 Å². The third kappa shape index (κ3) is 4.55. The summed E-state index contributed by atoms with van der Waals surface area (Å²) < 4.78 is 36.9. The van der Waals surface area contributed by atoms with E-state index in [-0.39, 0.29) is 18.0 Å². The Morgan fingerprint density at radius 2 is 2.24 bits per heavy atom. The summed E-state index contributed by atoms with van der Waals surface area (Å²) in [6, 6.07) is 2.23. The predicted octanol–water partition coefficient (Wildman–Crippen LogP) is 1.59. The molecule has 0 saturated carbocycles. The lowest BCUT2D eigenvalue weighted by Gasteiger charge is -2.04. The Kier molecular flexibility index (Phi) is 4.10. The number of nitrogens with zero attached hydrogens (tertiary/aromatic N) is 1. The molecule has 1 amide bonds. The average molecular weight is 242 g/mol. The van der Waals surface area contributed by atoms with E-state index >= 15 is 0 Å². The van der Waals surface area contributed by atoms with Gasteiger partial charge in [-0.25, -0.2) is 0 Å². The van der Waals surface area contributed by atoms with Gasteiger partial charge in [-0.05, 0) is 12.1 Å². The van der Waals surface area contributed by atoms with E-state index < -0.39 is 11.9 Å². The van der Waals surface area contributed by atoms with E-state index in [1.54, 1.807) is 0 Å². The zero-order chi connectivity index (χ0) is 12.9. The Hall–Kier alpha value is -2.03. The van der Waals surface area contributed by atoms with Crippen LogP contribution in [-0.4, -0.2) is 17.4 Å². The molecule has 0 aromatic carbocycles. The van der Waals surface area contributed by atoms with Crippen LogP contribution in [0.5, 0.6) is 0 Å². The van der Waals surface area contributed by atoms with Gasteiger partial charge in [-0.15, -0.1) is 0 Å². The second kappa shape index (κ2) is 5.34. The fourth-order valence-electron chi connectivity index (χ4n) is 0.978. The highest BCUT2D eigenvalue weighted by Crippen LogP contribution is 2.27. The number of pyridine rings is 1. The minimum absolute atomic E-state index is 0.0962. The van der Waals surface area contributed by atoms with Crippen molar-refractivity contribution in [1.82, 2.24) is 10.3 Å². The van der Waals surface area contributed by atoms with E-state index in [1.807, 2.05) is 0 Å². The van der Waals surface area contributed by atoms with E-state index in [0.717, 1.165) is 12.3 Å². The Bertz CT molecular complexity index is 472. The van der Waals surface area contributed by atoms with E-state index in [2.05, 4.69) is 22.1 Å². The van der Waals surface area contributed by atoms with Gasteiger partial charge in [-0.1, -0.05) is 11.8 Å². The van der Waals surface area contributed by atoms with Crippen LogP contribution in [0.25, 0.3) is 0 Å². The maximum atomic E-state index is 12.3. The van der Waals surface area contributed by atoms with Crippen LogP contribution < -0.4 is 5.32 Å². The van der Waals surface area contributed by atoms with E-state index in [4.69, 9.17) is 0 Å². The van der Waals surface area contributed by atoms with Crippen LogP contribution in [0.3, 0.4) is 0 Å². The highest BCUT2D eigenvalue weighted by molar-refractivity contribution is 5.73. The van der Waals surface area contributed by atoms with Gasteiger partial charge in [0.05, 0.1) is 6.54 Å². The Morgan fingerprint density at radius 1 is 1.53 bits per heavy atom. The van der Waals surface area contributed by atoms with Crippen LogP contribution in [0, 0.1) is 11.8 Å². The van der Waals surface area contributed by atoms with Gasteiger partial charge in [0.2, 0.25) is 5.91 Å². The Labute approximate surface area is 96.0 Å². The lowest BCUT2D eigenvalue weighted by atomic mass is 10.2. The number of hydrogen-bond donors (Lipinski definition) is 1. The molecular weight excluding hydrogens is 233 g/mol. The normalized spacial score (nSPS) is 10.4. The third-order valence-electron chi connectivity index (χ3n) is 1.71. The van der Waals surface area contributed by atoms with Gasteiger partial charge >= 0.3 is 6.18 Å². The SMILES string of the molecule is CC(=O)NCC#Cc1ccnc(C(F)(F)F)c1. The van der Waals surface area contributed by atoms with Crippen molar-refractivity contribution in [3.05, 3.63) is 29.6 Å². The zero-order valence-corrected chi connectivity index (χ0v) is 8.93. The standard InChI is InChI=1S/C11H9F3N2O/c1-8(17)15-5-2-3-9-4-6-16-10(7-9)11(12,13)14/h4,6-7H,5H2,1H3,(H,15,17). The van der Waals surface area contributed by atoms with Gasteiger partial charge in [0, 0.05) is 18.7 Å². The number of amides is 1. The molecule has 0 radical (unpaired) electrons. The molecule has 0 unspecified atom stereocenters. The Morgan fingerprint density at radius 3 is 2.82 bits per heavy atom. The van der Waals surface area contributed by atoms with Gasteiger partial charge < -0.3 is 5.32 Å². The summed E-state index contributed by atoms with van der Waals surface area (Å²) in [6.07, 6.45) is -3.43. The molecule has 1 heterocycles. The van der Waals surface area contributed by atoms with Gasteiger partial charge in [-0.3, -0.25) is 9.78 Å². The molecule has 0 fully saturated rings. The number of aromatic nitrogens is 1. The lowest BCUT2D eigenvalue weighted by Crippen LogP contribution is -2.19. The van der Waals surface area contributed by atoms with Crippen molar-refractivity contribution < 1.29 is 18.0 Å². The van der Waals surface area contributed by atoms with Crippen LogP contribution in [0.2, 0.25) is 0 Å². The van der Waals surface area contributed by atoms with E-state index in [9.17, 15) is 18.0 Å². The Balaban J connectivity index is 2.76. The van der Waals surface area contributed by atoms with E-state index in [0.29, 0.717) is 0 Å². The average Bonchev–Trinajstić information content (AvgIpc) is 2.23. The fourth-order valence-corrected chi connectivity index (χ4v) is 0.978. The quantitative estimate of drug-likeness (QED) is 0.760. The molecule has 1 rings (SSSR count). The number of alkyl halides is 3. The lowest BCUT2D eigenvalue weighted by molar-refractivity contribution is -0.141. The van der Waals surface area contributed by atoms with Crippen molar-refractivity contribution in [2.24, 2.45) is 0 Å². The molecule has 0 atom stereocenters. The molecule has 0 saturated heterocycles.